The van der Waals surface area contributed by atoms with Crippen LogP contribution in [0.2, 0.25) is 0 Å². The Morgan fingerprint density at radius 1 is 1.37 bits per heavy atom. The van der Waals surface area contributed by atoms with Gasteiger partial charge < -0.3 is 10.2 Å². The van der Waals surface area contributed by atoms with Crippen LogP contribution in [0.1, 0.15) is 0 Å². The van der Waals surface area contributed by atoms with Crippen molar-refractivity contribution in [1.82, 2.24) is 19.9 Å². The van der Waals surface area contributed by atoms with E-state index in [1.54, 1.807) is 7.05 Å². The second kappa shape index (κ2) is 5.76. The highest BCUT2D eigenvalue weighted by Gasteiger charge is 2.21. The molecule has 0 aromatic carbocycles. The molecule has 0 radical (unpaired) electrons. The lowest BCUT2D eigenvalue weighted by Gasteiger charge is -2.32. The molecule has 19 heavy (non-hydrogen) atoms. The molecule has 0 bridgehead atoms. The van der Waals surface area contributed by atoms with Crippen LogP contribution < -0.4 is 10.7 Å². The number of anilines is 2. The van der Waals surface area contributed by atoms with Crippen LogP contribution in [0.25, 0.3) is 0 Å². The van der Waals surface area contributed by atoms with Crippen LogP contribution >= 0.6 is 0 Å². The number of rotatable bonds is 4. The molecule has 9 nitrogen and oxygen atoms in total. The fourth-order valence-corrected chi connectivity index (χ4v) is 1.78. The molecular weight excluding hydrogens is 250 g/mol. The fraction of sp³-hybridized carbons (Fsp3) is 0.600. The van der Waals surface area contributed by atoms with Crippen molar-refractivity contribution in [1.29, 1.82) is 0 Å². The summed E-state index contributed by atoms with van der Waals surface area (Å²) >= 11 is 0. The van der Waals surface area contributed by atoms with Crippen LogP contribution in [0.3, 0.4) is 0 Å². The van der Waals surface area contributed by atoms with Crippen molar-refractivity contribution >= 4 is 17.5 Å². The van der Waals surface area contributed by atoms with Gasteiger partial charge in [0.25, 0.3) is 0 Å². The Morgan fingerprint density at radius 2 is 2.05 bits per heavy atom. The largest absolute Gasteiger partial charge is 0.357 e. The van der Waals surface area contributed by atoms with Gasteiger partial charge in [-0.2, -0.15) is 4.98 Å². The number of nitrogens with one attached hydrogen (secondary N) is 2. The number of likely N-dealkylation sites (N-methyl/N-ethyl adjacent to an activating group) is 1. The Balaban J connectivity index is 2.15. The lowest BCUT2D eigenvalue weighted by molar-refractivity contribution is -0.384. The SMILES string of the molecule is CNc1ncc([N+](=O)[O-])c(NN2CCN(C)CC2)n1. The van der Waals surface area contributed by atoms with Gasteiger partial charge in [-0.05, 0) is 7.05 Å². The molecule has 1 saturated heterocycles. The summed E-state index contributed by atoms with van der Waals surface area (Å²) < 4.78 is 0. The summed E-state index contributed by atoms with van der Waals surface area (Å²) in [5.74, 6) is 0.566. The van der Waals surface area contributed by atoms with Gasteiger partial charge in [0, 0.05) is 33.2 Å². The lowest BCUT2D eigenvalue weighted by atomic mass is 10.4. The fourth-order valence-electron chi connectivity index (χ4n) is 1.78. The summed E-state index contributed by atoms with van der Waals surface area (Å²) in [6.45, 7) is 3.38. The molecule has 1 aromatic heterocycles. The predicted molar refractivity (Wildman–Crippen MR) is 70.9 cm³/mol. The number of nitrogens with zero attached hydrogens (tertiary/aromatic N) is 5. The van der Waals surface area contributed by atoms with Gasteiger partial charge in [-0.1, -0.05) is 0 Å². The van der Waals surface area contributed by atoms with Crippen molar-refractivity contribution in [3.8, 4) is 0 Å². The third-order valence-electron chi connectivity index (χ3n) is 2.96. The van der Waals surface area contributed by atoms with E-state index in [2.05, 4.69) is 25.6 Å². The zero-order valence-corrected chi connectivity index (χ0v) is 11.0. The molecule has 1 fully saturated rings. The maximum Gasteiger partial charge on any atom is 0.330 e. The predicted octanol–water partition coefficient (Wildman–Crippen LogP) is 0.000800. The molecule has 2 N–H and O–H groups in total. The third kappa shape index (κ3) is 3.26. The quantitative estimate of drug-likeness (QED) is 0.581. The smallest absolute Gasteiger partial charge is 0.330 e. The van der Waals surface area contributed by atoms with Crippen LogP contribution in [0.5, 0.6) is 0 Å². The molecule has 1 aliphatic rings. The summed E-state index contributed by atoms with van der Waals surface area (Å²) in [5, 5.41) is 15.6. The van der Waals surface area contributed by atoms with Gasteiger partial charge in [0.05, 0.1) is 4.92 Å². The second-order valence-corrected chi connectivity index (χ2v) is 4.34. The maximum atomic E-state index is 11.0. The molecule has 1 aliphatic heterocycles. The maximum absolute atomic E-state index is 11.0. The van der Waals surface area contributed by atoms with Gasteiger partial charge in [0.15, 0.2) is 0 Å². The highest BCUT2D eigenvalue weighted by atomic mass is 16.6. The lowest BCUT2D eigenvalue weighted by Crippen LogP contribution is -2.47. The van der Waals surface area contributed by atoms with Crippen molar-refractivity contribution in [2.24, 2.45) is 0 Å². The van der Waals surface area contributed by atoms with Crippen molar-refractivity contribution < 1.29 is 4.92 Å². The van der Waals surface area contributed by atoms with Crippen molar-refractivity contribution in [3.05, 3.63) is 16.3 Å². The Labute approximate surface area is 110 Å². The molecule has 1 aromatic rings. The van der Waals surface area contributed by atoms with Crippen molar-refractivity contribution in [2.45, 2.75) is 0 Å². The minimum absolute atomic E-state index is 0.127. The molecular formula is C10H17N7O2. The Kier molecular flexibility index (Phi) is 4.07. The first-order valence-corrected chi connectivity index (χ1v) is 5.99. The third-order valence-corrected chi connectivity index (χ3v) is 2.96. The van der Waals surface area contributed by atoms with E-state index in [9.17, 15) is 10.1 Å². The molecule has 2 heterocycles. The van der Waals surface area contributed by atoms with Gasteiger partial charge in [0.1, 0.15) is 6.20 Å². The molecule has 0 unspecified atom stereocenters. The van der Waals surface area contributed by atoms with Gasteiger partial charge in [-0.15, -0.1) is 0 Å². The average molecular weight is 267 g/mol. The second-order valence-electron chi connectivity index (χ2n) is 4.34. The van der Waals surface area contributed by atoms with E-state index in [4.69, 9.17) is 0 Å². The number of aromatic nitrogens is 2. The first-order valence-electron chi connectivity index (χ1n) is 5.99. The number of piperazine rings is 1. The number of hydrogen-bond donors (Lipinski definition) is 2. The molecule has 0 atom stereocenters. The highest BCUT2D eigenvalue weighted by Crippen LogP contribution is 2.22. The van der Waals surface area contributed by atoms with Gasteiger partial charge in [-0.25, -0.2) is 9.99 Å². The summed E-state index contributed by atoms with van der Waals surface area (Å²) in [5.41, 5.74) is 2.87. The van der Waals surface area contributed by atoms with Crippen LogP contribution in [0.4, 0.5) is 17.5 Å². The van der Waals surface area contributed by atoms with E-state index in [0.29, 0.717) is 5.95 Å². The van der Waals surface area contributed by atoms with E-state index in [1.165, 1.54) is 6.20 Å². The van der Waals surface area contributed by atoms with E-state index >= 15 is 0 Å². The van der Waals surface area contributed by atoms with E-state index in [0.717, 1.165) is 26.2 Å². The standard InChI is InChI=1S/C10H17N7O2/c1-11-10-12-7-8(17(18)19)9(13-10)14-16-5-3-15(2)4-6-16/h7H,3-6H2,1-2H3,(H2,11,12,13,14). The first-order chi connectivity index (χ1) is 9.10. The van der Waals surface area contributed by atoms with Crippen LogP contribution in [-0.4, -0.2) is 65.1 Å². The number of hydrazine groups is 1. The van der Waals surface area contributed by atoms with E-state index in [1.807, 2.05) is 12.1 Å². The topological polar surface area (TPSA) is 99.5 Å². The molecule has 104 valence electrons. The number of hydrogen-bond acceptors (Lipinski definition) is 8. The molecule has 0 spiro atoms. The highest BCUT2D eigenvalue weighted by molar-refractivity contribution is 5.56. The molecule has 2 rings (SSSR count). The van der Waals surface area contributed by atoms with Gasteiger partial charge in [-0.3, -0.25) is 15.5 Å². The summed E-state index contributed by atoms with van der Waals surface area (Å²) in [7, 11) is 3.71. The van der Waals surface area contributed by atoms with Crippen molar-refractivity contribution in [2.75, 3.05) is 51.0 Å². The van der Waals surface area contributed by atoms with E-state index < -0.39 is 4.92 Å². The van der Waals surface area contributed by atoms with E-state index in [-0.39, 0.29) is 11.5 Å². The van der Waals surface area contributed by atoms with Gasteiger partial charge in [0.2, 0.25) is 11.8 Å². The molecule has 0 aliphatic carbocycles. The molecule has 0 amide bonds. The normalized spacial score (nSPS) is 17.2. The summed E-state index contributed by atoms with van der Waals surface area (Å²) in [4.78, 5) is 20.6. The van der Waals surface area contributed by atoms with Crippen LogP contribution in [-0.2, 0) is 0 Å². The van der Waals surface area contributed by atoms with Crippen LogP contribution in [0.15, 0.2) is 6.20 Å². The average Bonchev–Trinajstić information content (AvgIpc) is 2.41. The minimum atomic E-state index is -0.488. The molecule has 9 heteroatoms. The summed E-state index contributed by atoms with van der Waals surface area (Å²) in [6.07, 6.45) is 1.21. The zero-order chi connectivity index (χ0) is 13.8. The number of nitro groups is 1. The monoisotopic (exact) mass is 267 g/mol. The minimum Gasteiger partial charge on any atom is -0.357 e. The summed E-state index contributed by atoms with van der Waals surface area (Å²) in [6, 6.07) is 0. The molecule has 0 saturated carbocycles. The Bertz CT molecular complexity index is 459. The van der Waals surface area contributed by atoms with Crippen molar-refractivity contribution in [3.63, 3.8) is 0 Å². The van der Waals surface area contributed by atoms with Crippen LogP contribution in [0, 0.1) is 10.1 Å². The van der Waals surface area contributed by atoms with Gasteiger partial charge >= 0.3 is 5.69 Å². The zero-order valence-electron chi connectivity index (χ0n) is 11.0. The Hall–Kier alpha value is -2.00. The Morgan fingerprint density at radius 3 is 2.63 bits per heavy atom. The first kappa shape index (κ1) is 13.4.